The summed E-state index contributed by atoms with van der Waals surface area (Å²) in [7, 11) is -2.86. The fourth-order valence-corrected chi connectivity index (χ4v) is 5.30. The smallest absolute Gasteiger partial charge is 0.268 e. The average molecular weight is 336 g/mol. The van der Waals surface area contributed by atoms with Crippen molar-refractivity contribution in [3.05, 3.63) is 29.3 Å². The number of sulfonamides is 1. The fourth-order valence-electron chi connectivity index (χ4n) is 3.37. The molecule has 0 aliphatic carbocycles. The molecule has 1 fully saturated rings. The Bertz CT molecular complexity index is 861. The maximum atomic E-state index is 12.8. The van der Waals surface area contributed by atoms with Crippen LogP contribution in [0.1, 0.15) is 31.4 Å². The van der Waals surface area contributed by atoms with Crippen LogP contribution in [0.2, 0.25) is 0 Å². The van der Waals surface area contributed by atoms with Crippen molar-refractivity contribution in [1.29, 1.82) is 0 Å². The number of amides is 3. The standard InChI is InChI=1S/C15H16N2O5S/c1-4-10-5-6-12-11(7-10)15(8-13(19)16(3)14(15)20)17(9(2)18)23(12,21)22/h5-7H,4,8H2,1-3H3. The third-order valence-corrected chi connectivity index (χ3v) is 6.45. The quantitative estimate of drug-likeness (QED) is 0.692. The van der Waals surface area contributed by atoms with Crippen molar-refractivity contribution < 1.29 is 22.8 Å². The Hall–Kier alpha value is -2.22. The highest BCUT2D eigenvalue weighted by Gasteiger charge is 2.65. The van der Waals surface area contributed by atoms with Gasteiger partial charge in [-0.05, 0) is 18.1 Å². The van der Waals surface area contributed by atoms with Crippen LogP contribution in [0.5, 0.6) is 0 Å². The summed E-state index contributed by atoms with van der Waals surface area (Å²) >= 11 is 0. The van der Waals surface area contributed by atoms with Crippen molar-refractivity contribution in [3.8, 4) is 0 Å². The van der Waals surface area contributed by atoms with E-state index < -0.39 is 33.3 Å². The number of aryl methyl sites for hydroxylation is 1. The topological polar surface area (TPSA) is 91.8 Å². The second-order valence-corrected chi connectivity index (χ2v) is 7.52. The zero-order valence-electron chi connectivity index (χ0n) is 13.0. The molecule has 1 aromatic rings. The summed E-state index contributed by atoms with van der Waals surface area (Å²) < 4.78 is 26.1. The van der Waals surface area contributed by atoms with Crippen LogP contribution in [0.25, 0.3) is 0 Å². The molecule has 23 heavy (non-hydrogen) atoms. The zero-order chi connectivity index (χ0) is 17.2. The van der Waals surface area contributed by atoms with Gasteiger partial charge in [-0.15, -0.1) is 0 Å². The molecule has 1 unspecified atom stereocenters. The van der Waals surface area contributed by atoms with Crippen molar-refractivity contribution in [3.63, 3.8) is 0 Å². The second-order valence-electron chi connectivity index (χ2n) is 5.77. The number of fused-ring (bicyclic) bond motifs is 2. The molecule has 2 aliphatic rings. The van der Waals surface area contributed by atoms with E-state index in [0.717, 1.165) is 17.4 Å². The largest absolute Gasteiger partial charge is 0.283 e. The van der Waals surface area contributed by atoms with Gasteiger partial charge in [0.1, 0.15) is 0 Å². The first-order valence-electron chi connectivity index (χ1n) is 7.18. The first kappa shape index (κ1) is 15.7. The second kappa shape index (κ2) is 4.64. The highest BCUT2D eigenvalue weighted by atomic mass is 32.2. The Morgan fingerprint density at radius 3 is 2.43 bits per heavy atom. The van der Waals surface area contributed by atoms with E-state index >= 15 is 0 Å². The molecule has 0 radical (unpaired) electrons. The van der Waals surface area contributed by atoms with Crippen LogP contribution in [0.15, 0.2) is 23.1 Å². The van der Waals surface area contributed by atoms with E-state index in [2.05, 4.69) is 0 Å². The van der Waals surface area contributed by atoms with E-state index in [1.54, 1.807) is 12.1 Å². The molecular weight excluding hydrogens is 320 g/mol. The van der Waals surface area contributed by atoms with Crippen LogP contribution in [-0.4, -0.2) is 42.4 Å². The number of hydrogen-bond donors (Lipinski definition) is 0. The summed E-state index contributed by atoms with van der Waals surface area (Å²) in [5.41, 5.74) is -0.731. The molecule has 8 heteroatoms. The van der Waals surface area contributed by atoms with Crippen molar-refractivity contribution in [2.45, 2.75) is 37.1 Å². The van der Waals surface area contributed by atoms with Crippen LogP contribution in [0, 0.1) is 0 Å². The van der Waals surface area contributed by atoms with E-state index in [1.807, 2.05) is 6.92 Å². The summed E-state index contributed by atoms with van der Waals surface area (Å²) in [5.74, 6) is -1.98. The van der Waals surface area contributed by atoms with Gasteiger partial charge in [-0.25, -0.2) is 12.7 Å². The van der Waals surface area contributed by atoms with Gasteiger partial charge < -0.3 is 0 Å². The van der Waals surface area contributed by atoms with Crippen LogP contribution < -0.4 is 0 Å². The first-order valence-corrected chi connectivity index (χ1v) is 8.62. The monoisotopic (exact) mass is 336 g/mol. The van der Waals surface area contributed by atoms with Gasteiger partial charge in [0.2, 0.25) is 11.8 Å². The zero-order valence-corrected chi connectivity index (χ0v) is 13.8. The van der Waals surface area contributed by atoms with E-state index in [-0.39, 0.29) is 16.9 Å². The number of nitrogens with zero attached hydrogens (tertiary/aromatic N) is 2. The van der Waals surface area contributed by atoms with E-state index in [4.69, 9.17) is 0 Å². The van der Waals surface area contributed by atoms with Gasteiger partial charge in [0.25, 0.3) is 15.9 Å². The van der Waals surface area contributed by atoms with E-state index in [9.17, 15) is 22.8 Å². The lowest BCUT2D eigenvalue weighted by Crippen LogP contribution is -2.51. The maximum absolute atomic E-state index is 12.8. The van der Waals surface area contributed by atoms with Crippen LogP contribution >= 0.6 is 0 Å². The molecule has 1 saturated heterocycles. The Balaban J connectivity index is 2.41. The molecule has 1 atom stereocenters. The molecule has 3 rings (SSSR count). The number of carbonyl (C=O) groups is 3. The van der Waals surface area contributed by atoms with Gasteiger partial charge in [0.15, 0.2) is 5.54 Å². The molecule has 2 aliphatic heterocycles. The summed E-state index contributed by atoms with van der Waals surface area (Å²) in [6, 6.07) is 4.67. The predicted molar refractivity (Wildman–Crippen MR) is 79.6 cm³/mol. The number of imide groups is 1. The number of likely N-dealkylation sites (N-methyl/N-ethyl adjacent to an activating group) is 1. The minimum Gasteiger partial charge on any atom is -0.283 e. The van der Waals surface area contributed by atoms with Gasteiger partial charge >= 0.3 is 0 Å². The number of hydrogen-bond acceptors (Lipinski definition) is 5. The van der Waals surface area contributed by atoms with Gasteiger partial charge in [0.05, 0.1) is 11.3 Å². The Morgan fingerprint density at radius 1 is 1.30 bits per heavy atom. The Morgan fingerprint density at radius 2 is 1.96 bits per heavy atom. The Kier molecular flexibility index (Phi) is 3.16. The SMILES string of the molecule is CCc1ccc2c(c1)C1(CC(=O)N(C)C1=O)N(C(C)=O)S2(=O)=O. The fraction of sp³-hybridized carbons (Fsp3) is 0.400. The molecule has 2 heterocycles. The molecular formula is C15H16N2O5S. The summed E-state index contributed by atoms with van der Waals surface area (Å²) in [6.07, 6.45) is 0.281. The van der Waals surface area contributed by atoms with Crippen LogP contribution in [0.3, 0.4) is 0 Å². The van der Waals surface area contributed by atoms with Gasteiger partial charge in [-0.3, -0.25) is 19.3 Å². The summed E-state index contributed by atoms with van der Waals surface area (Å²) in [6.45, 7) is 2.98. The van der Waals surface area contributed by atoms with Crippen molar-refractivity contribution in [2.24, 2.45) is 0 Å². The number of benzene rings is 1. The molecule has 0 N–H and O–H groups in total. The minimum absolute atomic E-state index is 0.0821. The molecule has 7 nitrogen and oxygen atoms in total. The average Bonchev–Trinajstić information content (AvgIpc) is 2.83. The summed E-state index contributed by atoms with van der Waals surface area (Å²) in [4.78, 5) is 37.7. The molecule has 122 valence electrons. The normalized spacial score (nSPS) is 25.3. The lowest BCUT2D eigenvalue weighted by atomic mass is 9.86. The molecule has 3 amide bonds. The summed E-state index contributed by atoms with van der Waals surface area (Å²) in [5, 5.41) is 0. The van der Waals surface area contributed by atoms with Crippen molar-refractivity contribution in [2.75, 3.05) is 7.05 Å². The van der Waals surface area contributed by atoms with Gasteiger partial charge in [-0.2, -0.15) is 0 Å². The van der Waals surface area contributed by atoms with Crippen LogP contribution in [0.4, 0.5) is 0 Å². The number of carbonyl (C=O) groups excluding carboxylic acids is 3. The number of likely N-dealkylation sites (tertiary alicyclic amines) is 1. The minimum atomic E-state index is -4.16. The van der Waals surface area contributed by atoms with Crippen molar-refractivity contribution in [1.82, 2.24) is 9.21 Å². The van der Waals surface area contributed by atoms with Crippen LogP contribution in [-0.2, 0) is 36.4 Å². The maximum Gasteiger partial charge on any atom is 0.268 e. The lowest BCUT2D eigenvalue weighted by molar-refractivity contribution is -0.143. The van der Waals surface area contributed by atoms with Gasteiger partial charge in [-0.1, -0.05) is 19.1 Å². The number of rotatable bonds is 1. The third kappa shape index (κ3) is 1.75. The Labute approximate surface area is 133 Å². The third-order valence-electron chi connectivity index (χ3n) is 4.49. The highest BCUT2D eigenvalue weighted by Crippen LogP contribution is 2.50. The molecule has 0 saturated carbocycles. The van der Waals surface area contributed by atoms with Crippen molar-refractivity contribution >= 4 is 27.7 Å². The van der Waals surface area contributed by atoms with E-state index in [0.29, 0.717) is 10.7 Å². The molecule has 0 aromatic heterocycles. The molecule has 1 aromatic carbocycles. The molecule has 0 bridgehead atoms. The highest BCUT2D eigenvalue weighted by molar-refractivity contribution is 7.90. The molecule has 1 spiro atoms. The first-order chi connectivity index (χ1) is 10.7. The van der Waals surface area contributed by atoms with Gasteiger partial charge in [0, 0.05) is 19.5 Å². The predicted octanol–water partition coefficient (Wildman–Crippen LogP) is 0.384. The lowest BCUT2D eigenvalue weighted by Gasteiger charge is -2.30. The van der Waals surface area contributed by atoms with E-state index in [1.165, 1.54) is 13.1 Å².